The quantitative estimate of drug-likeness (QED) is 0.287. The van der Waals surface area contributed by atoms with Crippen LogP contribution in [-0.2, 0) is 19.1 Å². The number of ether oxygens (including phenoxy) is 2. The molecule has 0 aromatic rings. The molecule has 0 spiro atoms. The van der Waals surface area contributed by atoms with E-state index in [1.807, 2.05) is 6.92 Å². The van der Waals surface area contributed by atoms with Gasteiger partial charge in [0.05, 0.1) is 18.4 Å². The van der Waals surface area contributed by atoms with Crippen LogP contribution in [0, 0.1) is 17.8 Å². The molecule has 27 heavy (non-hydrogen) atoms. The molecule has 0 aromatic carbocycles. The summed E-state index contributed by atoms with van der Waals surface area (Å²) in [5.41, 5.74) is 0. The Morgan fingerprint density at radius 3 is 1.96 bits per heavy atom. The molecule has 0 aromatic heterocycles. The van der Waals surface area contributed by atoms with Gasteiger partial charge in [0.25, 0.3) is 0 Å². The van der Waals surface area contributed by atoms with Gasteiger partial charge in [-0.25, -0.2) is 0 Å². The van der Waals surface area contributed by atoms with Crippen LogP contribution in [-0.4, -0.2) is 24.6 Å². The van der Waals surface area contributed by atoms with E-state index in [0.717, 1.165) is 44.9 Å². The normalized spacial score (nSPS) is 21.1. The van der Waals surface area contributed by atoms with Crippen molar-refractivity contribution in [3.8, 4) is 0 Å². The van der Waals surface area contributed by atoms with E-state index in [2.05, 4.69) is 20.8 Å². The van der Waals surface area contributed by atoms with Gasteiger partial charge in [-0.2, -0.15) is 0 Å². The smallest absolute Gasteiger partial charge is 0.310 e. The van der Waals surface area contributed by atoms with Crippen LogP contribution in [0.4, 0.5) is 0 Å². The number of hydrogen-bond acceptors (Lipinski definition) is 4. The van der Waals surface area contributed by atoms with Gasteiger partial charge in [-0.05, 0) is 31.6 Å². The van der Waals surface area contributed by atoms with E-state index in [-0.39, 0.29) is 29.9 Å². The highest BCUT2D eigenvalue weighted by molar-refractivity contribution is 5.82. The van der Waals surface area contributed by atoms with Gasteiger partial charge < -0.3 is 9.47 Å². The number of unbranched alkanes of at least 4 members (excludes halogenated alkanes) is 6. The Hall–Kier alpha value is -1.06. The Balaban J connectivity index is 2.38. The second-order valence-corrected chi connectivity index (χ2v) is 8.41. The average molecular weight is 383 g/mol. The first-order valence-corrected chi connectivity index (χ1v) is 11.4. The molecule has 0 radical (unpaired) electrons. The summed E-state index contributed by atoms with van der Waals surface area (Å²) >= 11 is 0. The number of carbonyl (C=O) groups is 2. The van der Waals surface area contributed by atoms with Gasteiger partial charge >= 0.3 is 11.9 Å². The van der Waals surface area contributed by atoms with Crippen molar-refractivity contribution in [1.29, 1.82) is 0 Å². The summed E-state index contributed by atoms with van der Waals surface area (Å²) in [5, 5.41) is 0. The Kier molecular flexibility index (Phi) is 12.4. The monoisotopic (exact) mass is 382 g/mol. The largest absolute Gasteiger partial charge is 0.465 e. The highest BCUT2D eigenvalue weighted by atomic mass is 16.5. The van der Waals surface area contributed by atoms with Gasteiger partial charge in [0.15, 0.2) is 0 Å². The first kappa shape index (κ1) is 24.0. The molecule has 0 bridgehead atoms. The second kappa shape index (κ2) is 14.0. The summed E-state index contributed by atoms with van der Waals surface area (Å²) in [4.78, 5) is 25.2. The topological polar surface area (TPSA) is 52.6 Å². The van der Waals surface area contributed by atoms with E-state index in [4.69, 9.17) is 9.47 Å². The predicted octanol–water partition coefficient (Wildman–Crippen LogP) is 6.06. The van der Waals surface area contributed by atoms with E-state index in [1.54, 1.807) is 0 Å². The van der Waals surface area contributed by atoms with Crippen LogP contribution in [0.2, 0.25) is 0 Å². The Labute approximate surface area is 166 Å². The third-order valence-electron chi connectivity index (χ3n) is 5.78. The van der Waals surface area contributed by atoms with Gasteiger partial charge in [0, 0.05) is 0 Å². The van der Waals surface area contributed by atoms with E-state index in [9.17, 15) is 9.59 Å². The van der Waals surface area contributed by atoms with E-state index < -0.39 is 0 Å². The van der Waals surface area contributed by atoms with Crippen LogP contribution in [0.3, 0.4) is 0 Å². The molecule has 0 aliphatic heterocycles. The lowest BCUT2D eigenvalue weighted by molar-refractivity contribution is -0.167. The maximum absolute atomic E-state index is 12.7. The highest BCUT2D eigenvalue weighted by Gasteiger charge is 2.38. The van der Waals surface area contributed by atoms with Crippen molar-refractivity contribution in [2.45, 2.75) is 111 Å². The summed E-state index contributed by atoms with van der Waals surface area (Å²) in [7, 11) is 0. The molecule has 1 fully saturated rings. The van der Waals surface area contributed by atoms with Crippen LogP contribution in [0.25, 0.3) is 0 Å². The molecule has 0 saturated heterocycles. The van der Waals surface area contributed by atoms with Gasteiger partial charge in [0.2, 0.25) is 0 Å². The van der Waals surface area contributed by atoms with Crippen molar-refractivity contribution in [3.63, 3.8) is 0 Å². The van der Waals surface area contributed by atoms with Gasteiger partial charge in [0.1, 0.15) is 6.10 Å². The second-order valence-electron chi connectivity index (χ2n) is 8.41. The highest BCUT2D eigenvalue weighted by Crippen LogP contribution is 2.33. The molecule has 1 aliphatic carbocycles. The lowest BCUT2D eigenvalue weighted by Crippen LogP contribution is -2.37. The predicted molar refractivity (Wildman–Crippen MR) is 109 cm³/mol. The fourth-order valence-electron chi connectivity index (χ4n) is 3.96. The van der Waals surface area contributed by atoms with Gasteiger partial charge in [-0.15, -0.1) is 0 Å². The molecular formula is C23H42O4. The first-order chi connectivity index (χ1) is 13.0. The minimum absolute atomic E-state index is 0.0659. The van der Waals surface area contributed by atoms with Crippen molar-refractivity contribution in [2.75, 3.05) is 6.61 Å². The fourth-order valence-corrected chi connectivity index (χ4v) is 3.96. The first-order valence-electron chi connectivity index (χ1n) is 11.4. The molecular weight excluding hydrogens is 340 g/mol. The van der Waals surface area contributed by atoms with E-state index in [0.29, 0.717) is 12.5 Å². The number of carbonyl (C=O) groups excluding carboxylic acids is 2. The van der Waals surface area contributed by atoms with Crippen LogP contribution < -0.4 is 0 Å². The molecule has 1 rings (SSSR count). The molecule has 158 valence electrons. The molecule has 4 heteroatoms. The van der Waals surface area contributed by atoms with E-state index >= 15 is 0 Å². The Morgan fingerprint density at radius 1 is 0.852 bits per heavy atom. The third kappa shape index (κ3) is 9.12. The molecule has 0 N–H and O–H groups in total. The standard InChI is InChI=1S/C23H42O4/c1-5-7-8-9-10-11-14-17-26-22(24)19-15-12-13-16-20(19)23(25)27-21(6-2)18(3)4/h18-21H,5-17H2,1-4H3. The van der Waals surface area contributed by atoms with Crippen LogP contribution in [0.15, 0.2) is 0 Å². The van der Waals surface area contributed by atoms with Crippen LogP contribution >= 0.6 is 0 Å². The maximum Gasteiger partial charge on any atom is 0.310 e. The van der Waals surface area contributed by atoms with E-state index in [1.165, 1.54) is 32.1 Å². The molecule has 0 heterocycles. The number of esters is 2. The van der Waals surface area contributed by atoms with Crippen molar-refractivity contribution in [1.82, 2.24) is 0 Å². The lowest BCUT2D eigenvalue weighted by Gasteiger charge is -2.30. The molecule has 3 atom stereocenters. The molecule has 4 nitrogen and oxygen atoms in total. The average Bonchev–Trinajstić information content (AvgIpc) is 2.67. The summed E-state index contributed by atoms with van der Waals surface area (Å²) in [5.74, 6) is -0.743. The van der Waals surface area contributed by atoms with Crippen molar-refractivity contribution in [2.24, 2.45) is 17.8 Å². The van der Waals surface area contributed by atoms with Gasteiger partial charge in [-0.3, -0.25) is 9.59 Å². The summed E-state index contributed by atoms with van der Waals surface area (Å²) in [6, 6.07) is 0. The Morgan fingerprint density at radius 2 is 1.41 bits per heavy atom. The molecule has 1 aliphatic rings. The lowest BCUT2D eigenvalue weighted by atomic mass is 9.79. The third-order valence-corrected chi connectivity index (χ3v) is 5.78. The van der Waals surface area contributed by atoms with Crippen molar-refractivity contribution < 1.29 is 19.1 Å². The van der Waals surface area contributed by atoms with Crippen LogP contribution in [0.1, 0.15) is 105 Å². The van der Waals surface area contributed by atoms with Crippen LogP contribution in [0.5, 0.6) is 0 Å². The number of hydrogen-bond donors (Lipinski definition) is 0. The SMILES string of the molecule is CCCCCCCCCOC(=O)C1CCCCC1C(=O)OC(CC)C(C)C. The van der Waals surface area contributed by atoms with Crippen molar-refractivity contribution in [3.05, 3.63) is 0 Å². The summed E-state index contributed by atoms with van der Waals surface area (Å²) < 4.78 is 11.2. The summed E-state index contributed by atoms with van der Waals surface area (Å²) in [6.45, 7) is 8.87. The molecule has 3 unspecified atom stereocenters. The zero-order valence-electron chi connectivity index (χ0n) is 18.1. The van der Waals surface area contributed by atoms with Gasteiger partial charge in [-0.1, -0.05) is 79.1 Å². The minimum atomic E-state index is -0.326. The Bertz CT molecular complexity index is 419. The zero-order valence-corrected chi connectivity index (χ0v) is 18.1. The molecule has 1 saturated carbocycles. The minimum Gasteiger partial charge on any atom is -0.465 e. The summed E-state index contributed by atoms with van der Waals surface area (Å²) in [6.07, 6.45) is 12.6. The molecule has 0 amide bonds. The van der Waals surface area contributed by atoms with Crippen molar-refractivity contribution >= 4 is 11.9 Å². The fraction of sp³-hybridized carbons (Fsp3) is 0.913. The number of rotatable bonds is 13. The zero-order chi connectivity index (χ0) is 20.1. The maximum atomic E-state index is 12.7.